The molecule has 1 aromatic rings. The molecule has 2 saturated heterocycles. The maximum absolute atomic E-state index is 11.8. The van der Waals surface area contributed by atoms with Crippen molar-refractivity contribution in [1.82, 2.24) is 0 Å². The van der Waals surface area contributed by atoms with E-state index in [-0.39, 0.29) is 0 Å². The van der Waals surface area contributed by atoms with E-state index in [1.165, 1.54) is 12.1 Å². The number of hydrogen-bond donors (Lipinski definition) is 0. The molecule has 2 bridgehead atoms. The van der Waals surface area contributed by atoms with Crippen LogP contribution in [0.1, 0.15) is 39.0 Å². The first-order valence-corrected chi connectivity index (χ1v) is 7.31. The Morgan fingerprint density at radius 2 is 1.89 bits per heavy atom. The predicted octanol–water partition coefficient (Wildman–Crippen LogP) is 3.18. The summed E-state index contributed by atoms with van der Waals surface area (Å²) in [4.78, 5) is 14.3. The second kappa shape index (κ2) is 5.24. The minimum atomic E-state index is 0.376. The van der Waals surface area contributed by atoms with E-state index in [9.17, 15) is 4.79 Å². The van der Waals surface area contributed by atoms with Crippen LogP contribution in [0.15, 0.2) is 24.3 Å². The van der Waals surface area contributed by atoms with Crippen molar-refractivity contribution in [3.63, 3.8) is 0 Å². The van der Waals surface area contributed by atoms with E-state index in [4.69, 9.17) is 4.74 Å². The first-order valence-electron chi connectivity index (χ1n) is 7.31. The zero-order chi connectivity index (χ0) is 13.2. The Kier molecular flexibility index (Phi) is 3.45. The van der Waals surface area contributed by atoms with E-state index in [1.807, 2.05) is 19.1 Å². The van der Waals surface area contributed by atoms with Crippen LogP contribution in [0.2, 0.25) is 0 Å². The van der Waals surface area contributed by atoms with Gasteiger partial charge in [0.1, 0.15) is 11.5 Å². The number of Topliss-reactive ketones (excluding diaryl/α,β-unsaturated/α-hetero) is 1. The van der Waals surface area contributed by atoms with E-state index in [1.54, 1.807) is 0 Å². The Morgan fingerprint density at radius 1 is 1.21 bits per heavy atom. The lowest BCUT2D eigenvalue weighted by Gasteiger charge is -2.47. The number of carbonyl (C=O) groups is 1. The van der Waals surface area contributed by atoms with Gasteiger partial charge in [0, 0.05) is 24.9 Å². The molecule has 3 heteroatoms. The fourth-order valence-electron chi connectivity index (χ4n) is 3.52. The van der Waals surface area contributed by atoms with Crippen LogP contribution in [0.5, 0.6) is 5.75 Å². The van der Waals surface area contributed by atoms with E-state index >= 15 is 0 Å². The van der Waals surface area contributed by atoms with Gasteiger partial charge in [0.15, 0.2) is 0 Å². The summed E-state index contributed by atoms with van der Waals surface area (Å²) >= 11 is 0. The van der Waals surface area contributed by atoms with E-state index in [2.05, 4.69) is 17.0 Å². The van der Waals surface area contributed by atoms with Gasteiger partial charge in [-0.25, -0.2) is 0 Å². The van der Waals surface area contributed by atoms with Crippen LogP contribution in [0.25, 0.3) is 0 Å². The lowest BCUT2D eigenvalue weighted by atomic mass is 9.83. The topological polar surface area (TPSA) is 29.5 Å². The highest BCUT2D eigenvalue weighted by Crippen LogP contribution is 2.40. The SMILES string of the molecule is CCOc1ccccc1N1C2CCCC1CC(=O)C2. The second-order valence-corrected chi connectivity index (χ2v) is 5.49. The summed E-state index contributed by atoms with van der Waals surface area (Å²) in [6, 6.07) is 8.99. The molecular formula is C16H21NO2. The molecule has 2 unspecified atom stereocenters. The molecule has 3 rings (SSSR count). The van der Waals surface area contributed by atoms with E-state index in [0.717, 1.165) is 18.6 Å². The molecule has 102 valence electrons. The first-order chi connectivity index (χ1) is 9.29. The van der Waals surface area contributed by atoms with Gasteiger partial charge in [0.2, 0.25) is 0 Å². The van der Waals surface area contributed by atoms with Gasteiger partial charge in [0.05, 0.1) is 12.3 Å². The Balaban J connectivity index is 1.94. The number of ether oxygens (including phenoxy) is 1. The molecule has 1 aromatic carbocycles. The van der Waals surface area contributed by atoms with Gasteiger partial charge in [-0.3, -0.25) is 4.79 Å². The molecular weight excluding hydrogens is 238 g/mol. The van der Waals surface area contributed by atoms with Crippen molar-refractivity contribution in [3.8, 4) is 5.75 Å². The van der Waals surface area contributed by atoms with Gasteiger partial charge >= 0.3 is 0 Å². The summed E-state index contributed by atoms with van der Waals surface area (Å²) in [5, 5.41) is 0. The van der Waals surface area contributed by atoms with Gasteiger partial charge in [-0.15, -0.1) is 0 Å². The Morgan fingerprint density at radius 3 is 2.58 bits per heavy atom. The van der Waals surface area contributed by atoms with E-state index in [0.29, 0.717) is 37.3 Å². The quantitative estimate of drug-likeness (QED) is 0.835. The number of hydrogen-bond acceptors (Lipinski definition) is 3. The third-order valence-corrected chi connectivity index (χ3v) is 4.23. The molecule has 2 aliphatic heterocycles. The summed E-state index contributed by atoms with van der Waals surface area (Å²) in [5.41, 5.74) is 1.17. The molecule has 2 atom stereocenters. The number of nitrogens with zero attached hydrogens (tertiary/aromatic N) is 1. The van der Waals surface area contributed by atoms with Crippen LogP contribution < -0.4 is 9.64 Å². The molecule has 0 amide bonds. The highest BCUT2D eigenvalue weighted by molar-refractivity contribution is 5.83. The number of carbonyl (C=O) groups excluding carboxylic acids is 1. The van der Waals surface area contributed by atoms with Crippen LogP contribution in [-0.2, 0) is 4.79 Å². The van der Waals surface area contributed by atoms with Crippen LogP contribution in [0, 0.1) is 0 Å². The summed E-state index contributed by atoms with van der Waals surface area (Å²) in [6.07, 6.45) is 4.91. The number of ketones is 1. The van der Waals surface area contributed by atoms with Gasteiger partial charge in [-0.05, 0) is 38.3 Å². The zero-order valence-corrected chi connectivity index (χ0v) is 11.5. The Bertz CT molecular complexity index is 456. The molecule has 0 aromatic heterocycles. The number of rotatable bonds is 3. The van der Waals surface area contributed by atoms with Crippen molar-refractivity contribution in [3.05, 3.63) is 24.3 Å². The smallest absolute Gasteiger partial charge is 0.142 e. The van der Waals surface area contributed by atoms with Crippen molar-refractivity contribution in [2.75, 3.05) is 11.5 Å². The monoisotopic (exact) mass is 259 g/mol. The second-order valence-electron chi connectivity index (χ2n) is 5.49. The van der Waals surface area contributed by atoms with E-state index < -0.39 is 0 Å². The van der Waals surface area contributed by atoms with Crippen molar-refractivity contribution in [2.45, 2.75) is 51.1 Å². The van der Waals surface area contributed by atoms with Crippen LogP contribution >= 0.6 is 0 Å². The largest absolute Gasteiger partial charge is 0.492 e. The fraction of sp³-hybridized carbons (Fsp3) is 0.562. The molecule has 2 fully saturated rings. The zero-order valence-electron chi connectivity index (χ0n) is 11.5. The first kappa shape index (κ1) is 12.5. The van der Waals surface area contributed by atoms with Gasteiger partial charge in [-0.1, -0.05) is 12.1 Å². The molecule has 0 spiro atoms. The van der Waals surface area contributed by atoms with Crippen molar-refractivity contribution in [1.29, 1.82) is 0 Å². The minimum Gasteiger partial charge on any atom is -0.492 e. The number of benzene rings is 1. The molecule has 0 aliphatic carbocycles. The molecule has 2 heterocycles. The number of para-hydroxylation sites is 2. The lowest BCUT2D eigenvalue weighted by molar-refractivity contribution is -0.121. The fourth-order valence-corrected chi connectivity index (χ4v) is 3.52. The summed E-state index contributed by atoms with van der Waals surface area (Å²) in [5.74, 6) is 1.39. The number of piperidine rings is 2. The third kappa shape index (κ3) is 2.34. The maximum Gasteiger partial charge on any atom is 0.142 e. The van der Waals surface area contributed by atoms with Crippen LogP contribution in [0.4, 0.5) is 5.69 Å². The highest BCUT2D eigenvalue weighted by Gasteiger charge is 2.38. The molecule has 3 nitrogen and oxygen atoms in total. The summed E-state index contributed by atoms with van der Waals surface area (Å²) in [6.45, 7) is 2.69. The number of fused-ring (bicyclic) bond motifs is 2. The maximum atomic E-state index is 11.8. The van der Waals surface area contributed by atoms with Gasteiger partial charge < -0.3 is 9.64 Å². The average molecular weight is 259 g/mol. The molecule has 2 aliphatic rings. The van der Waals surface area contributed by atoms with Crippen molar-refractivity contribution < 1.29 is 9.53 Å². The molecule has 19 heavy (non-hydrogen) atoms. The molecule has 0 radical (unpaired) electrons. The third-order valence-electron chi connectivity index (χ3n) is 4.23. The Hall–Kier alpha value is -1.51. The van der Waals surface area contributed by atoms with Gasteiger partial charge in [0.25, 0.3) is 0 Å². The summed E-state index contributed by atoms with van der Waals surface area (Å²) < 4.78 is 5.76. The molecule has 0 saturated carbocycles. The summed E-state index contributed by atoms with van der Waals surface area (Å²) in [7, 11) is 0. The minimum absolute atomic E-state index is 0.376. The average Bonchev–Trinajstić information content (AvgIpc) is 2.39. The van der Waals surface area contributed by atoms with Crippen LogP contribution in [-0.4, -0.2) is 24.5 Å². The normalized spacial score (nSPS) is 26.4. The molecule has 0 N–H and O–H groups in total. The highest BCUT2D eigenvalue weighted by atomic mass is 16.5. The van der Waals surface area contributed by atoms with Gasteiger partial charge in [-0.2, -0.15) is 0 Å². The predicted molar refractivity (Wildman–Crippen MR) is 75.8 cm³/mol. The van der Waals surface area contributed by atoms with Crippen molar-refractivity contribution in [2.24, 2.45) is 0 Å². The standard InChI is InChI=1S/C16H21NO2/c1-2-19-16-9-4-3-8-15(16)17-12-6-5-7-13(17)11-14(18)10-12/h3-4,8-9,12-13H,2,5-7,10-11H2,1H3. The van der Waals surface area contributed by atoms with Crippen molar-refractivity contribution >= 4 is 11.5 Å². The Labute approximate surface area is 114 Å². The van der Waals surface area contributed by atoms with Crippen LogP contribution in [0.3, 0.4) is 0 Å². The lowest BCUT2D eigenvalue weighted by Crippen LogP contribution is -2.52. The number of anilines is 1.